The molecule has 0 aliphatic rings. The zero-order valence-corrected chi connectivity index (χ0v) is 19.0. The SMILES string of the molecule is CCc1nc(SC(C)c2nnc(-c3ccc(C)cc3)o2)nc(N)c1-c1ccc(Cl)cc1. The molecule has 2 heterocycles. The summed E-state index contributed by atoms with van der Waals surface area (Å²) in [7, 11) is 0. The minimum atomic E-state index is -0.128. The predicted octanol–water partition coefficient (Wildman–Crippen LogP) is 6.15. The van der Waals surface area contributed by atoms with Crippen molar-refractivity contribution in [2.24, 2.45) is 0 Å². The molecule has 0 aliphatic carbocycles. The fourth-order valence-corrected chi connectivity index (χ4v) is 4.12. The Balaban J connectivity index is 1.57. The Hall–Kier alpha value is -2.90. The van der Waals surface area contributed by atoms with Crippen LogP contribution in [0, 0.1) is 6.92 Å². The van der Waals surface area contributed by atoms with Gasteiger partial charge in [0.05, 0.1) is 10.9 Å². The van der Waals surface area contributed by atoms with Gasteiger partial charge in [0.1, 0.15) is 5.82 Å². The lowest BCUT2D eigenvalue weighted by molar-refractivity contribution is 0.509. The first-order valence-electron chi connectivity index (χ1n) is 9.94. The van der Waals surface area contributed by atoms with Crippen LogP contribution in [0.5, 0.6) is 0 Å². The van der Waals surface area contributed by atoms with E-state index in [1.807, 2.05) is 69.3 Å². The van der Waals surface area contributed by atoms with Crippen LogP contribution in [-0.4, -0.2) is 20.2 Å². The number of halogens is 1. The van der Waals surface area contributed by atoms with Crippen molar-refractivity contribution in [3.63, 3.8) is 0 Å². The molecular formula is C23H22ClN5OS. The van der Waals surface area contributed by atoms with Crippen molar-refractivity contribution in [1.82, 2.24) is 20.2 Å². The number of anilines is 1. The van der Waals surface area contributed by atoms with E-state index in [-0.39, 0.29) is 5.25 Å². The molecule has 0 radical (unpaired) electrons. The van der Waals surface area contributed by atoms with Crippen LogP contribution in [0.1, 0.15) is 36.2 Å². The van der Waals surface area contributed by atoms with Crippen LogP contribution < -0.4 is 5.73 Å². The summed E-state index contributed by atoms with van der Waals surface area (Å²) in [6, 6.07) is 15.5. The third kappa shape index (κ3) is 4.73. The average molecular weight is 452 g/mol. The third-order valence-electron chi connectivity index (χ3n) is 4.83. The number of hydrogen-bond donors (Lipinski definition) is 1. The topological polar surface area (TPSA) is 90.7 Å². The summed E-state index contributed by atoms with van der Waals surface area (Å²) in [5.41, 5.74) is 11.1. The van der Waals surface area contributed by atoms with Gasteiger partial charge in [-0.2, -0.15) is 0 Å². The number of benzene rings is 2. The largest absolute Gasteiger partial charge is 0.419 e. The Kier molecular flexibility index (Phi) is 6.25. The molecular weight excluding hydrogens is 430 g/mol. The summed E-state index contributed by atoms with van der Waals surface area (Å²) in [6.07, 6.45) is 0.727. The molecule has 0 amide bonds. The summed E-state index contributed by atoms with van der Waals surface area (Å²) in [4.78, 5) is 9.27. The van der Waals surface area contributed by atoms with Gasteiger partial charge in [-0.25, -0.2) is 9.97 Å². The van der Waals surface area contributed by atoms with E-state index in [4.69, 9.17) is 26.7 Å². The highest BCUT2D eigenvalue weighted by atomic mass is 35.5. The number of rotatable bonds is 6. The van der Waals surface area contributed by atoms with Gasteiger partial charge in [-0.3, -0.25) is 0 Å². The number of aryl methyl sites for hydroxylation is 2. The molecule has 0 bridgehead atoms. The zero-order valence-electron chi connectivity index (χ0n) is 17.5. The molecule has 2 aromatic heterocycles. The molecule has 4 rings (SSSR count). The second kappa shape index (κ2) is 9.08. The molecule has 4 aromatic rings. The predicted molar refractivity (Wildman–Crippen MR) is 125 cm³/mol. The van der Waals surface area contributed by atoms with Crippen molar-refractivity contribution in [2.45, 2.75) is 37.6 Å². The van der Waals surface area contributed by atoms with Crippen molar-refractivity contribution in [2.75, 3.05) is 5.73 Å². The molecule has 158 valence electrons. The second-order valence-corrected chi connectivity index (χ2v) is 8.89. The van der Waals surface area contributed by atoms with Gasteiger partial charge in [-0.15, -0.1) is 10.2 Å². The fraction of sp³-hybridized carbons (Fsp3) is 0.217. The summed E-state index contributed by atoms with van der Waals surface area (Å²) in [5, 5.41) is 9.52. The Morgan fingerprint density at radius 1 is 1.00 bits per heavy atom. The highest BCUT2D eigenvalue weighted by molar-refractivity contribution is 7.99. The van der Waals surface area contributed by atoms with Crippen LogP contribution in [0.15, 0.2) is 58.1 Å². The van der Waals surface area contributed by atoms with E-state index in [1.54, 1.807) is 0 Å². The molecule has 31 heavy (non-hydrogen) atoms. The van der Waals surface area contributed by atoms with E-state index in [0.717, 1.165) is 28.8 Å². The first-order chi connectivity index (χ1) is 14.9. The number of thioether (sulfide) groups is 1. The summed E-state index contributed by atoms with van der Waals surface area (Å²) in [6.45, 7) is 6.07. The molecule has 0 aliphatic heterocycles. The summed E-state index contributed by atoms with van der Waals surface area (Å²) < 4.78 is 5.89. The zero-order chi connectivity index (χ0) is 22.0. The van der Waals surface area contributed by atoms with Crippen LogP contribution in [0.4, 0.5) is 5.82 Å². The maximum Gasteiger partial charge on any atom is 0.247 e. The number of aromatic nitrogens is 4. The average Bonchev–Trinajstić information content (AvgIpc) is 3.25. The van der Waals surface area contributed by atoms with Gasteiger partial charge < -0.3 is 10.2 Å². The molecule has 6 nitrogen and oxygen atoms in total. The number of nitrogens with zero attached hydrogens (tertiary/aromatic N) is 4. The molecule has 0 spiro atoms. The fourth-order valence-electron chi connectivity index (χ4n) is 3.16. The standard InChI is InChI=1S/C23H22ClN5OS/c1-4-18-19(15-9-11-17(24)12-10-15)20(25)27-23(26-18)31-14(3)21-28-29-22(30-21)16-7-5-13(2)6-8-16/h5-12,14H,4H2,1-3H3,(H2,25,26,27). The Morgan fingerprint density at radius 2 is 1.68 bits per heavy atom. The van der Waals surface area contributed by atoms with Crippen LogP contribution in [0.3, 0.4) is 0 Å². The lowest BCUT2D eigenvalue weighted by Gasteiger charge is -2.13. The van der Waals surface area contributed by atoms with E-state index in [0.29, 0.717) is 27.8 Å². The lowest BCUT2D eigenvalue weighted by Crippen LogP contribution is -2.04. The van der Waals surface area contributed by atoms with Crippen molar-refractivity contribution in [3.05, 3.63) is 70.7 Å². The molecule has 2 aromatic carbocycles. The van der Waals surface area contributed by atoms with Crippen molar-refractivity contribution < 1.29 is 4.42 Å². The van der Waals surface area contributed by atoms with Gasteiger partial charge in [-0.1, -0.05) is 60.1 Å². The van der Waals surface area contributed by atoms with E-state index in [2.05, 4.69) is 15.2 Å². The Labute approximate surface area is 190 Å². The van der Waals surface area contributed by atoms with Crippen molar-refractivity contribution >= 4 is 29.2 Å². The minimum absolute atomic E-state index is 0.128. The van der Waals surface area contributed by atoms with Gasteiger partial charge in [-0.05, 0) is 50.1 Å². The van der Waals surface area contributed by atoms with Crippen molar-refractivity contribution in [1.29, 1.82) is 0 Å². The number of hydrogen-bond acceptors (Lipinski definition) is 7. The van der Waals surface area contributed by atoms with E-state index < -0.39 is 0 Å². The molecule has 8 heteroatoms. The minimum Gasteiger partial charge on any atom is -0.419 e. The monoisotopic (exact) mass is 451 g/mol. The van der Waals surface area contributed by atoms with E-state index >= 15 is 0 Å². The molecule has 0 fully saturated rings. The van der Waals surface area contributed by atoms with Gasteiger partial charge in [0.15, 0.2) is 5.16 Å². The summed E-state index contributed by atoms with van der Waals surface area (Å²) >= 11 is 7.45. The van der Waals surface area contributed by atoms with Crippen LogP contribution >= 0.6 is 23.4 Å². The van der Waals surface area contributed by atoms with Crippen LogP contribution in [0.2, 0.25) is 5.02 Å². The molecule has 1 unspecified atom stereocenters. The normalized spacial score (nSPS) is 12.1. The Bertz CT molecular complexity index is 1190. The lowest BCUT2D eigenvalue weighted by atomic mass is 10.0. The smallest absolute Gasteiger partial charge is 0.247 e. The highest BCUT2D eigenvalue weighted by Gasteiger charge is 2.20. The maximum atomic E-state index is 6.33. The van der Waals surface area contributed by atoms with E-state index in [9.17, 15) is 0 Å². The van der Waals surface area contributed by atoms with Crippen LogP contribution in [-0.2, 0) is 6.42 Å². The number of nitrogen functional groups attached to an aromatic ring is 1. The molecule has 1 atom stereocenters. The highest BCUT2D eigenvalue weighted by Crippen LogP contribution is 2.36. The molecule has 0 saturated carbocycles. The van der Waals surface area contributed by atoms with Gasteiger partial charge in [0.2, 0.25) is 11.8 Å². The van der Waals surface area contributed by atoms with Gasteiger partial charge in [0.25, 0.3) is 0 Å². The van der Waals surface area contributed by atoms with Gasteiger partial charge in [0, 0.05) is 16.1 Å². The maximum absolute atomic E-state index is 6.33. The van der Waals surface area contributed by atoms with Crippen molar-refractivity contribution in [3.8, 4) is 22.6 Å². The first kappa shape index (κ1) is 21.3. The molecule has 2 N–H and O–H groups in total. The van der Waals surface area contributed by atoms with E-state index in [1.165, 1.54) is 17.3 Å². The van der Waals surface area contributed by atoms with Gasteiger partial charge >= 0.3 is 0 Å². The second-order valence-electron chi connectivity index (χ2n) is 7.15. The Morgan fingerprint density at radius 3 is 2.35 bits per heavy atom. The quantitative estimate of drug-likeness (QED) is 0.277. The van der Waals surface area contributed by atoms with Crippen LogP contribution in [0.25, 0.3) is 22.6 Å². The third-order valence-corrected chi connectivity index (χ3v) is 6.03. The molecule has 0 saturated heterocycles. The first-order valence-corrected chi connectivity index (χ1v) is 11.2. The number of nitrogens with two attached hydrogens (primary N) is 1. The summed E-state index contributed by atoms with van der Waals surface area (Å²) in [5.74, 6) is 1.45.